The monoisotopic (exact) mass is 452 g/mol. The first-order valence-electron chi connectivity index (χ1n) is 8.84. The minimum atomic E-state index is -3.00. The van der Waals surface area contributed by atoms with Crippen molar-refractivity contribution in [2.75, 3.05) is 6.61 Å². The minimum absolute atomic E-state index is 0.0603. The summed E-state index contributed by atoms with van der Waals surface area (Å²) >= 11 is 3.41. The molecule has 3 aromatic rings. The lowest BCUT2D eigenvalue weighted by atomic mass is 10.1. The van der Waals surface area contributed by atoms with Gasteiger partial charge in [0, 0.05) is 12.0 Å². The fourth-order valence-electron chi connectivity index (χ4n) is 2.84. The Morgan fingerprint density at radius 2 is 1.75 bits per heavy atom. The molecule has 0 bridgehead atoms. The van der Waals surface area contributed by atoms with Gasteiger partial charge in [0.05, 0.1) is 29.1 Å². The third kappa shape index (κ3) is 5.23. The summed E-state index contributed by atoms with van der Waals surface area (Å²) in [6, 6.07) is 15.1. The second kappa shape index (κ2) is 8.92. The Morgan fingerprint density at radius 3 is 2.43 bits per heavy atom. The Bertz CT molecular complexity index is 911. The highest BCUT2D eigenvalue weighted by Crippen LogP contribution is 2.33. The number of hydrogen-bond donors (Lipinski definition) is 0. The highest BCUT2D eigenvalue weighted by molar-refractivity contribution is 9.10. The van der Waals surface area contributed by atoms with Gasteiger partial charge in [0.25, 0.3) is 5.92 Å². The van der Waals surface area contributed by atoms with E-state index >= 15 is 0 Å². The van der Waals surface area contributed by atoms with Crippen LogP contribution < -0.4 is 0 Å². The largest absolute Gasteiger partial charge is 0.377 e. The van der Waals surface area contributed by atoms with Gasteiger partial charge in [0.1, 0.15) is 12.4 Å². The van der Waals surface area contributed by atoms with Crippen LogP contribution in [0.5, 0.6) is 0 Å². The predicted molar refractivity (Wildman–Crippen MR) is 106 cm³/mol. The van der Waals surface area contributed by atoms with E-state index in [9.17, 15) is 13.2 Å². The smallest absolute Gasteiger partial charge is 0.269 e. The van der Waals surface area contributed by atoms with E-state index in [4.69, 9.17) is 4.74 Å². The van der Waals surface area contributed by atoms with Crippen molar-refractivity contribution in [1.29, 1.82) is 0 Å². The molecule has 7 heteroatoms. The van der Waals surface area contributed by atoms with Crippen LogP contribution in [-0.2, 0) is 17.9 Å². The topological polar surface area (TPSA) is 27.1 Å². The number of benzene rings is 2. The van der Waals surface area contributed by atoms with Crippen LogP contribution in [0.2, 0.25) is 0 Å². The summed E-state index contributed by atoms with van der Waals surface area (Å²) in [5.74, 6) is -3.38. The third-order valence-electron chi connectivity index (χ3n) is 4.28. The molecule has 2 aromatic carbocycles. The molecule has 0 spiro atoms. The van der Waals surface area contributed by atoms with Crippen molar-refractivity contribution in [3.05, 3.63) is 76.1 Å². The van der Waals surface area contributed by atoms with Gasteiger partial charge >= 0.3 is 0 Å². The summed E-state index contributed by atoms with van der Waals surface area (Å²) in [5, 5.41) is 4.23. The van der Waals surface area contributed by atoms with Gasteiger partial charge in [-0.1, -0.05) is 30.3 Å². The normalized spacial score (nSPS) is 11.8. The fraction of sp³-hybridized carbons (Fsp3) is 0.286. The first-order chi connectivity index (χ1) is 13.4. The van der Waals surface area contributed by atoms with Crippen LogP contribution in [-0.4, -0.2) is 22.3 Å². The number of rotatable bonds is 8. The lowest BCUT2D eigenvalue weighted by molar-refractivity contribution is -0.0507. The van der Waals surface area contributed by atoms with E-state index in [1.165, 1.54) is 16.8 Å². The van der Waals surface area contributed by atoms with Gasteiger partial charge in [-0.05, 0) is 52.7 Å². The molecule has 28 heavy (non-hydrogen) atoms. The summed E-state index contributed by atoms with van der Waals surface area (Å²) in [4.78, 5) is 0. The number of alkyl halides is 2. The first-order valence-corrected chi connectivity index (χ1v) is 9.63. The molecule has 1 aromatic heterocycles. The van der Waals surface area contributed by atoms with E-state index < -0.39 is 18.9 Å². The van der Waals surface area contributed by atoms with Crippen molar-refractivity contribution in [3.8, 4) is 11.3 Å². The number of aryl methyl sites for hydroxylation is 1. The van der Waals surface area contributed by atoms with Crippen LogP contribution >= 0.6 is 15.9 Å². The molecule has 3 nitrogen and oxygen atoms in total. The molecule has 0 aliphatic rings. The molecule has 0 saturated heterocycles. The van der Waals surface area contributed by atoms with Crippen LogP contribution in [0, 0.1) is 12.7 Å². The fourth-order valence-corrected chi connectivity index (χ4v) is 3.35. The number of ether oxygens (including phenoxy) is 1. The molecule has 1 heterocycles. The Morgan fingerprint density at radius 1 is 1.07 bits per heavy atom. The zero-order valence-electron chi connectivity index (χ0n) is 15.3. The van der Waals surface area contributed by atoms with Gasteiger partial charge in [-0.2, -0.15) is 5.10 Å². The predicted octanol–water partition coefficient (Wildman–Crippen LogP) is 6.00. The van der Waals surface area contributed by atoms with E-state index in [-0.39, 0.29) is 12.4 Å². The average Bonchev–Trinajstić information content (AvgIpc) is 2.93. The van der Waals surface area contributed by atoms with E-state index in [1.807, 2.05) is 30.3 Å². The van der Waals surface area contributed by atoms with E-state index in [0.717, 1.165) is 5.56 Å². The van der Waals surface area contributed by atoms with Crippen molar-refractivity contribution in [2.45, 2.75) is 32.4 Å². The van der Waals surface area contributed by atoms with Crippen molar-refractivity contribution in [2.24, 2.45) is 0 Å². The van der Waals surface area contributed by atoms with Gasteiger partial charge in [-0.25, -0.2) is 13.2 Å². The highest BCUT2D eigenvalue weighted by Gasteiger charge is 2.31. The number of halogens is 4. The summed E-state index contributed by atoms with van der Waals surface area (Å²) in [6.07, 6.45) is -0.417. The molecule has 0 aliphatic heterocycles. The van der Waals surface area contributed by atoms with E-state index in [0.29, 0.717) is 28.0 Å². The van der Waals surface area contributed by atoms with E-state index in [1.54, 1.807) is 19.1 Å². The van der Waals surface area contributed by atoms with Crippen LogP contribution in [0.25, 0.3) is 11.3 Å². The molecule has 0 fully saturated rings. The quantitative estimate of drug-likeness (QED) is 0.391. The zero-order chi connectivity index (χ0) is 20.1. The highest BCUT2D eigenvalue weighted by atomic mass is 79.9. The maximum absolute atomic E-state index is 14.5. The molecule has 0 atom stereocenters. The minimum Gasteiger partial charge on any atom is -0.377 e. The first kappa shape index (κ1) is 20.6. The lowest BCUT2D eigenvalue weighted by Gasteiger charge is -2.18. The van der Waals surface area contributed by atoms with Crippen molar-refractivity contribution < 1.29 is 17.9 Å². The molecule has 0 N–H and O–H groups in total. The second-order valence-electron chi connectivity index (χ2n) is 6.56. The summed E-state index contributed by atoms with van der Waals surface area (Å²) in [7, 11) is 0. The zero-order valence-corrected chi connectivity index (χ0v) is 16.9. The van der Waals surface area contributed by atoms with Crippen LogP contribution in [0.4, 0.5) is 13.2 Å². The van der Waals surface area contributed by atoms with Crippen molar-refractivity contribution in [1.82, 2.24) is 9.78 Å². The summed E-state index contributed by atoms with van der Waals surface area (Å²) in [5.41, 5.74) is 2.65. The second-order valence-corrected chi connectivity index (χ2v) is 7.35. The third-order valence-corrected chi connectivity index (χ3v) is 5.23. The maximum atomic E-state index is 14.5. The summed E-state index contributed by atoms with van der Waals surface area (Å²) in [6.45, 7) is 1.38. The SMILES string of the molecule is Cc1nn(CC(F)(F)CCOCc2ccccc2)c(-c2ccc(F)cc2)c1Br. The van der Waals surface area contributed by atoms with Gasteiger partial charge < -0.3 is 4.74 Å². The van der Waals surface area contributed by atoms with Gasteiger partial charge in [-0.3, -0.25) is 4.68 Å². The molecule has 0 amide bonds. The molecule has 0 radical (unpaired) electrons. The molecule has 0 aliphatic carbocycles. The molecule has 0 saturated carbocycles. The Labute approximate surface area is 170 Å². The van der Waals surface area contributed by atoms with Gasteiger partial charge in [-0.15, -0.1) is 0 Å². The Hall–Kier alpha value is -2.12. The molecule has 0 unspecified atom stereocenters. The maximum Gasteiger partial charge on any atom is 0.269 e. The Balaban J connectivity index is 1.66. The van der Waals surface area contributed by atoms with Crippen LogP contribution in [0.15, 0.2) is 59.1 Å². The number of hydrogen-bond acceptors (Lipinski definition) is 2. The molecular formula is C21H20BrF3N2O. The van der Waals surface area contributed by atoms with Crippen molar-refractivity contribution in [3.63, 3.8) is 0 Å². The average molecular weight is 453 g/mol. The Kier molecular flexibility index (Phi) is 6.57. The number of nitrogens with zero attached hydrogens (tertiary/aromatic N) is 2. The molecule has 148 valence electrons. The number of aromatic nitrogens is 2. The van der Waals surface area contributed by atoms with Gasteiger partial charge in [0.2, 0.25) is 0 Å². The van der Waals surface area contributed by atoms with Crippen LogP contribution in [0.1, 0.15) is 17.7 Å². The molecular weight excluding hydrogens is 433 g/mol. The lowest BCUT2D eigenvalue weighted by Crippen LogP contribution is -2.26. The van der Waals surface area contributed by atoms with Gasteiger partial charge in [0.15, 0.2) is 0 Å². The van der Waals surface area contributed by atoms with E-state index in [2.05, 4.69) is 21.0 Å². The van der Waals surface area contributed by atoms with Crippen LogP contribution in [0.3, 0.4) is 0 Å². The van der Waals surface area contributed by atoms with Crippen molar-refractivity contribution >= 4 is 15.9 Å². The molecule has 3 rings (SSSR count). The standard InChI is InChI=1S/C21H20BrF3N2O/c1-15-19(22)20(17-7-9-18(23)10-8-17)27(26-15)14-21(24,25)11-12-28-13-16-5-3-2-4-6-16/h2-10H,11-14H2,1H3. The summed E-state index contributed by atoms with van der Waals surface area (Å²) < 4.78 is 49.5.